The summed E-state index contributed by atoms with van der Waals surface area (Å²) >= 11 is 3.09. The quantitative estimate of drug-likeness (QED) is 0.803. The zero-order valence-corrected chi connectivity index (χ0v) is 16.7. The van der Waals surface area contributed by atoms with Gasteiger partial charge < -0.3 is 9.80 Å². The number of thiazole rings is 1. The number of rotatable bonds is 4. The lowest BCUT2D eigenvalue weighted by Gasteiger charge is -2.34. The molecule has 0 aromatic carbocycles. The molecule has 2 aromatic heterocycles. The molecular formula is C19H23N3O2S2. The van der Waals surface area contributed by atoms with Crippen molar-refractivity contribution in [2.24, 2.45) is 5.41 Å². The number of aromatic nitrogens is 1. The van der Waals surface area contributed by atoms with Gasteiger partial charge in [0.2, 0.25) is 5.91 Å². The Balaban J connectivity index is 1.39. The Hall–Kier alpha value is -1.73. The Morgan fingerprint density at radius 3 is 2.73 bits per heavy atom. The first-order valence-electron chi connectivity index (χ1n) is 8.98. The molecule has 1 spiro atoms. The average molecular weight is 390 g/mol. The molecule has 1 atom stereocenters. The second kappa shape index (κ2) is 6.78. The number of nitrogens with zero attached hydrogens (tertiary/aromatic N) is 3. The number of aryl methyl sites for hydroxylation is 1. The van der Waals surface area contributed by atoms with Crippen molar-refractivity contribution in [1.82, 2.24) is 14.8 Å². The summed E-state index contributed by atoms with van der Waals surface area (Å²) in [6, 6.07) is 2.41. The lowest BCUT2D eigenvalue weighted by atomic mass is 9.92. The van der Waals surface area contributed by atoms with E-state index in [1.165, 1.54) is 16.9 Å². The third-order valence-electron chi connectivity index (χ3n) is 5.85. The van der Waals surface area contributed by atoms with Gasteiger partial charge in [-0.25, -0.2) is 4.98 Å². The molecule has 26 heavy (non-hydrogen) atoms. The average Bonchev–Trinajstić information content (AvgIpc) is 2.98. The van der Waals surface area contributed by atoms with Crippen LogP contribution in [-0.4, -0.2) is 45.7 Å². The molecule has 0 N–H and O–H groups in total. The number of hydrogen-bond donors (Lipinski definition) is 0. The fraction of sp³-hybridized carbons (Fsp3) is 0.526. The molecule has 1 saturated carbocycles. The first-order chi connectivity index (χ1) is 12.5. The monoisotopic (exact) mass is 389 g/mol. The zero-order valence-electron chi connectivity index (χ0n) is 15.1. The van der Waals surface area contributed by atoms with Crippen LogP contribution in [0, 0.1) is 12.3 Å². The van der Waals surface area contributed by atoms with E-state index in [4.69, 9.17) is 0 Å². The van der Waals surface area contributed by atoms with Gasteiger partial charge in [-0.05, 0) is 54.0 Å². The number of carbonyl (C=O) groups is 2. The number of amides is 2. The van der Waals surface area contributed by atoms with Crippen LogP contribution in [0.5, 0.6) is 0 Å². The maximum absolute atomic E-state index is 12.7. The van der Waals surface area contributed by atoms with Gasteiger partial charge in [0.15, 0.2) is 0 Å². The Bertz CT molecular complexity index is 807. The largest absolute Gasteiger partial charge is 0.338 e. The molecule has 5 nitrogen and oxygen atoms in total. The third-order valence-corrected chi connectivity index (χ3v) is 7.50. The summed E-state index contributed by atoms with van der Waals surface area (Å²) in [6.07, 6.45) is 3.03. The lowest BCUT2D eigenvalue weighted by Crippen LogP contribution is -2.42. The van der Waals surface area contributed by atoms with E-state index < -0.39 is 0 Å². The highest BCUT2D eigenvalue weighted by Crippen LogP contribution is 2.57. The van der Waals surface area contributed by atoms with Crippen molar-refractivity contribution in [3.63, 3.8) is 0 Å². The van der Waals surface area contributed by atoms with Crippen LogP contribution in [-0.2, 0) is 11.3 Å². The molecule has 1 aliphatic carbocycles. The molecule has 4 rings (SSSR count). The summed E-state index contributed by atoms with van der Waals surface area (Å²) < 4.78 is 0. The van der Waals surface area contributed by atoms with Crippen molar-refractivity contribution in [3.05, 3.63) is 38.5 Å². The smallest absolute Gasteiger partial charge is 0.265 e. The Morgan fingerprint density at radius 1 is 1.38 bits per heavy atom. The van der Waals surface area contributed by atoms with Gasteiger partial charge in [-0.3, -0.25) is 9.59 Å². The van der Waals surface area contributed by atoms with Crippen LogP contribution < -0.4 is 0 Å². The van der Waals surface area contributed by atoms with Crippen LogP contribution in [0.3, 0.4) is 0 Å². The first-order valence-corrected chi connectivity index (χ1v) is 10.8. The molecule has 2 amide bonds. The van der Waals surface area contributed by atoms with E-state index in [0.717, 1.165) is 42.9 Å². The van der Waals surface area contributed by atoms with Crippen molar-refractivity contribution in [3.8, 4) is 0 Å². The third kappa shape index (κ3) is 3.18. The number of thiophene rings is 1. The van der Waals surface area contributed by atoms with Gasteiger partial charge in [-0.15, -0.1) is 11.3 Å². The van der Waals surface area contributed by atoms with Crippen LogP contribution in [0.1, 0.15) is 47.1 Å². The number of carbonyl (C=O) groups excluding carboxylic acids is 2. The SMILES string of the molecule is CC(=O)N(Cc1ccsc1)[C@@H]1CC12CCN(C(=O)c1scnc1C)CC2. The van der Waals surface area contributed by atoms with E-state index in [1.54, 1.807) is 23.8 Å². The molecule has 2 fully saturated rings. The molecule has 138 valence electrons. The molecule has 2 aliphatic rings. The topological polar surface area (TPSA) is 53.5 Å². The highest BCUT2D eigenvalue weighted by molar-refractivity contribution is 7.11. The fourth-order valence-corrected chi connectivity index (χ4v) is 5.56. The summed E-state index contributed by atoms with van der Waals surface area (Å²) in [5.74, 6) is 0.260. The summed E-state index contributed by atoms with van der Waals surface area (Å²) in [4.78, 5) is 33.8. The summed E-state index contributed by atoms with van der Waals surface area (Å²) in [5.41, 5.74) is 3.98. The van der Waals surface area contributed by atoms with Gasteiger partial charge in [-0.1, -0.05) is 0 Å². The van der Waals surface area contributed by atoms with E-state index in [1.807, 2.05) is 16.7 Å². The predicted octanol–water partition coefficient (Wildman–Crippen LogP) is 3.56. The van der Waals surface area contributed by atoms with E-state index in [-0.39, 0.29) is 17.2 Å². The lowest BCUT2D eigenvalue weighted by molar-refractivity contribution is -0.130. The van der Waals surface area contributed by atoms with Crippen LogP contribution in [0.2, 0.25) is 0 Å². The van der Waals surface area contributed by atoms with Crippen LogP contribution in [0.15, 0.2) is 22.3 Å². The molecule has 0 radical (unpaired) electrons. The molecule has 1 saturated heterocycles. The molecule has 2 aromatic rings. The van der Waals surface area contributed by atoms with Crippen LogP contribution >= 0.6 is 22.7 Å². The fourth-order valence-electron chi connectivity index (χ4n) is 4.13. The minimum Gasteiger partial charge on any atom is -0.338 e. The van der Waals surface area contributed by atoms with Gasteiger partial charge in [0.05, 0.1) is 11.2 Å². The molecule has 0 bridgehead atoms. The van der Waals surface area contributed by atoms with Gasteiger partial charge in [0, 0.05) is 32.6 Å². The molecule has 0 unspecified atom stereocenters. The summed E-state index contributed by atoms with van der Waals surface area (Å²) in [6.45, 7) is 5.81. The van der Waals surface area contributed by atoms with E-state index in [9.17, 15) is 9.59 Å². The van der Waals surface area contributed by atoms with E-state index in [0.29, 0.717) is 12.6 Å². The van der Waals surface area contributed by atoms with Crippen molar-refractivity contribution in [2.45, 2.75) is 45.7 Å². The maximum atomic E-state index is 12.7. The molecule has 3 heterocycles. The summed E-state index contributed by atoms with van der Waals surface area (Å²) in [5, 5.41) is 4.17. The normalized spacial score (nSPS) is 21.0. The van der Waals surface area contributed by atoms with Gasteiger partial charge >= 0.3 is 0 Å². The van der Waals surface area contributed by atoms with Gasteiger partial charge in [0.25, 0.3) is 5.91 Å². The number of hydrogen-bond acceptors (Lipinski definition) is 5. The van der Waals surface area contributed by atoms with Gasteiger partial charge in [0.1, 0.15) is 4.88 Å². The van der Waals surface area contributed by atoms with Crippen LogP contribution in [0.4, 0.5) is 0 Å². The second-order valence-corrected chi connectivity index (χ2v) is 9.05. The van der Waals surface area contributed by atoms with E-state index >= 15 is 0 Å². The van der Waals surface area contributed by atoms with Gasteiger partial charge in [-0.2, -0.15) is 11.3 Å². The van der Waals surface area contributed by atoms with Crippen LogP contribution in [0.25, 0.3) is 0 Å². The molecular weight excluding hydrogens is 366 g/mol. The van der Waals surface area contributed by atoms with E-state index in [2.05, 4.69) is 21.8 Å². The Morgan fingerprint density at radius 2 is 2.15 bits per heavy atom. The summed E-state index contributed by atoms with van der Waals surface area (Å²) in [7, 11) is 0. The highest BCUT2D eigenvalue weighted by Gasteiger charge is 2.58. The Kier molecular flexibility index (Phi) is 4.61. The standard InChI is InChI=1S/C19H23N3O2S2/c1-13-17(26-12-20-13)18(24)21-6-4-19(5-7-21)9-16(19)22(14(2)23)10-15-3-8-25-11-15/h3,8,11-12,16H,4-7,9-10H2,1-2H3/t16-/m1/s1. The van der Waals surface area contributed by atoms with Crippen molar-refractivity contribution in [1.29, 1.82) is 0 Å². The minimum absolute atomic E-state index is 0.110. The highest BCUT2D eigenvalue weighted by atomic mass is 32.1. The van der Waals surface area contributed by atoms with Crippen molar-refractivity contribution >= 4 is 34.5 Å². The molecule has 7 heteroatoms. The Labute approximate surface area is 161 Å². The second-order valence-electron chi connectivity index (χ2n) is 7.42. The number of piperidine rings is 1. The first kappa shape index (κ1) is 17.7. The predicted molar refractivity (Wildman–Crippen MR) is 103 cm³/mol. The van der Waals surface area contributed by atoms with Crippen molar-refractivity contribution < 1.29 is 9.59 Å². The maximum Gasteiger partial charge on any atom is 0.265 e. The minimum atomic E-state index is 0.110. The number of likely N-dealkylation sites (tertiary alicyclic amines) is 1. The zero-order chi connectivity index (χ0) is 18.3. The van der Waals surface area contributed by atoms with Crippen molar-refractivity contribution in [2.75, 3.05) is 13.1 Å². The molecule has 1 aliphatic heterocycles.